The molecule has 1 aliphatic rings. The van der Waals surface area contributed by atoms with Crippen LogP contribution in [0.15, 0.2) is 34.9 Å². The van der Waals surface area contributed by atoms with E-state index in [0.29, 0.717) is 25.3 Å². The largest absolute Gasteiger partial charge is 0.440 e. The van der Waals surface area contributed by atoms with E-state index in [4.69, 9.17) is 10.2 Å². The standard InChI is InChI=1S/C16H19N3O2/c17-9-1-2-15(20)19-13-7-5-11(6-8-13)14-10-18-16(21-14)12-3-4-12/h5-8,10,12H,1-4,9,17H2,(H,19,20). The van der Waals surface area contributed by atoms with Crippen molar-refractivity contribution in [1.29, 1.82) is 0 Å². The highest BCUT2D eigenvalue weighted by molar-refractivity contribution is 5.90. The average molecular weight is 285 g/mol. The van der Waals surface area contributed by atoms with Crippen molar-refractivity contribution in [2.45, 2.75) is 31.6 Å². The molecule has 1 fully saturated rings. The van der Waals surface area contributed by atoms with Gasteiger partial charge in [0.05, 0.1) is 6.20 Å². The zero-order chi connectivity index (χ0) is 14.7. The van der Waals surface area contributed by atoms with Crippen LogP contribution in [0, 0.1) is 0 Å². The second-order valence-corrected chi connectivity index (χ2v) is 5.35. The van der Waals surface area contributed by atoms with Crippen molar-refractivity contribution in [2.75, 3.05) is 11.9 Å². The van der Waals surface area contributed by atoms with E-state index < -0.39 is 0 Å². The number of nitrogens with zero attached hydrogens (tertiary/aromatic N) is 1. The van der Waals surface area contributed by atoms with Gasteiger partial charge in [-0.05, 0) is 50.1 Å². The lowest BCUT2D eigenvalue weighted by atomic mass is 10.1. The van der Waals surface area contributed by atoms with Crippen LogP contribution >= 0.6 is 0 Å². The third kappa shape index (κ3) is 3.49. The van der Waals surface area contributed by atoms with Crippen LogP contribution in [0.3, 0.4) is 0 Å². The maximum atomic E-state index is 11.6. The summed E-state index contributed by atoms with van der Waals surface area (Å²) >= 11 is 0. The second-order valence-electron chi connectivity index (χ2n) is 5.35. The number of aromatic nitrogens is 1. The van der Waals surface area contributed by atoms with E-state index in [2.05, 4.69) is 10.3 Å². The Morgan fingerprint density at radius 1 is 1.33 bits per heavy atom. The first-order valence-electron chi connectivity index (χ1n) is 7.32. The van der Waals surface area contributed by atoms with Gasteiger partial charge in [-0.2, -0.15) is 0 Å². The Balaban J connectivity index is 1.64. The molecule has 1 amide bonds. The average Bonchev–Trinajstić information content (AvgIpc) is 3.24. The highest BCUT2D eigenvalue weighted by Crippen LogP contribution is 2.40. The number of amides is 1. The van der Waals surface area contributed by atoms with E-state index in [1.807, 2.05) is 24.3 Å². The van der Waals surface area contributed by atoms with Gasteiger partial charge < -0.3 is 15.5 Å². The molecule has 0 saturated heterocycles. The minimum atomic E-state index is -0.0103. The first-order chi connectivity index (χ1) is 10.3. The Morgan fingerprint density at radius 3 is 2.76 bits per heavy atom. The van der Waals surface area contributed by atoms with Crippen molar-refractivity contribution in [3.63, 3.8) is 0 Å². The molecule has 1 aliphatic carbocycles. The minimum Gasteiger partial charge on any atom is -0.440 e. The smallest absolute Gasteiger partial charge is 0.224 e. The van der Waals surface area contributed by atoms with Crippen molar-refractivity contribution in [3.8, 4) is 11.3 Å². The van der Waals surface area contributed by atoms with Gasteiger partial charge in [-0.1, -0.05) is 0 Å². The number of nitrogens with two attached hydrogens (primary N) is 1. The zero-order valence-electron chi connectivity index (χ0n) is 11.8. The lowest BCUT2D eigenvalue weighted by molar-refractivity contribution is -0.116. The van der Waals surface area contributed by atoms with Crippen molar-refractivity contribution in [3.05, 3.63) is 36.4 Å². The maximum absolute atomic E-state index is 11.6. The van der Waals surface area contributed by atoms with Crippen LogP contribution < -0.4 is 11.1 Å². The number of carbonyl (C=O) groups is 1. The first-order valence-corrected chi connectivity index (χ1v) is 7.32. The number of rotatable bonds is 6. The molecule has 1 aromatic carbocycles. The third-order valence-corrected chi connectivity index (χ3v) is 3.51. The Morgan fingerprint density at radius 2 is 2.10 bits per heavy atom. The van der Waals surface area contributed by atoms with Crippen molar-refractivity contribution >= 4 is 11.6 Å². The van der Waals surface area contributed by atoms with Crippen LogP contribution in [0.2, 0.25) is 0 Å². The lowest BCUT2D eigenvalue weighted by Crippen LogP contribution is -2.13. The number of hydrogen-bond donors (Lipinski definition) is 2. The van der Waals surface area contributed by atoms with E-state index in [9.17, 15) is 4.79 Å². The summed E-state index contributed by atoms with van der Waals surface area (Å²) in [5.41, 5.74) is 7.13. The summed E-state index contributed by atoms with van der Waals surface area (Å²) in [5.74, 6) is 2.12. The monoisotopic (exact) mass is 285 g/mol. The molecule has 1 aromatic heterocycles. The highest BCUT2D eigenvalue weighted by Gasteiger charge is 2.28. The van der Waals surface area contributed by atoms with Gasteiger partial charge in [-0.3, -0.25) is 4.79 Å². The molecule has 1 saturated carbocycles. The zero-order valence-corrected chi connectivity index (χ0v) is 11.8. The Hall–Kier alpha value is -2.14. The van der Waals surface area contributed by atoms with E-state index >= 15 is 0 Å². The molecule has 110 valence electrons. The summed E-state index contributed by atoms with van der Waals surface area (Å²) in [5, 5.41) is 2.85. The third-order valence-electron chi connectivity index (χ3n) is 3.51. The molecule has 0 aliphatic heterocycles. The molecule has 2 aromatic rings. The van der Waals surface area contributed by atoms with Gasteiger partial charge in [0.1, 0.15) is 0 Å². The van der Waals surface area contributed by atoms with Gasteiger partial charge in [0, 0.05) is 23.6 Å². The van der Waals surface area contributed by atoms with Crippen molar-refractivity contribution in [1.82, 2.24) is 4.98 Å². The molecule has 0 atom stereocenters. The molecule has 5 nitrogen and oxygen atoms in total. The topological polar surface area (TPSA) is 81.2 Å². The van der Waals surface area contributed by atoms with E-state index in [1.165, 1.54) is 12.8 Å². The molecule has 21 heavy (non-hydrogen) atoms. The summed E-state index contributed by atoms with van der Waals surface area (Å²) in [6.45, 7) is 0.529. The van der Waals surface area contributed by atoms with E-state index in [0.717, 1.165) is 22.9 Å². The summed E-state index contributed by atoms with van der Waals surface area (Å²) in [6.07, 6.45) is 5.26. The van der Waals surface area contributed by atoms with Crippen LogP contribution in [0.5, 0.6) is 0 Å². The lowest BCUT2D eigenvalue weighted by Gasteiger charge is -2.05. The summed E-state index contributed by atoms with van der Waals surface area (Å²) in [4.78, 5) is 15.9. The van der Waals surface area contributed by atoms with Gasteiger partial charge >= 0.3 is 0 Å². The SMILES string of the molecule is NCCCC(=O)Nc1ccc(-c2cnc(C3CC3)o2)cc1. The number of benzene rings is 1. The van der Waals surface area contributed by atoms with E-state index in [1.54, 1.807) is 6.20 Å². The number of oxazole rings is 1. The van der Waals surface area contributed by atoms with Crippen LogP contribution in [-0.2, 0) is 4.79 Å². The number of hydrogen-bond acceptors (Lipinski definition) is 4. The fraction of sp³-hybridized carbons (Fsp3) is 0.375. The normalized spacial score (nSPS) is 14.1. The Labute approximate surface area is 123 Å². The fourth-order valence-corrected chi connectivity index (χ4v) is 2.14. The molecular weight excluding hydrogens is 266 g/mol. The summed E-state index contributed by atoms with van der Waals surface area (Å²) in [7, 11) is 0. The molecule has 0 radical (unpaired) electrons. The second kappa shape index (κ2) is 6.10. The van der Waals surface area contributed by atoms with Crippen LogP contribution in [0.4, 0.5) is 5.69 Å². The van der Waals surface area contributed by atoms with E-state index in [-0.39, 0.29) is 5.91 Å². The van der Waals surface area contributed by atoms with Gasteiger partial charge in [0.15, 0.2) is 11.7 Å². The van der Waals surface area contributed by atoms with Crippen LogP contribution in [0.25, 0.3) is 11.3 Å². The Bertz CT molecular complexity index is 615. The first kappa shape index (κ1) is 13.8. The Kier molecular flexibility index (Phi) is 4.01. The molecule has 0 unspecified atom stereocenters. The summed E-state index contributed by atoms with van der Waals surface area (Å²) in [6, 6.07) is 7.59. The minimum absolute atomic E-state index is 0.0103. The van der Waals surface area contributed by atoms with Crippen LogP contribution in [-0.4, -0.2) is 17.4 Å². The van der Waals surface area contributed by atoms with Gasteiger partial charge in [-0.25, -0.2) is 4.98 Å². The molecule has 5 heteroatoms. The highest BCUT2D eigenvalue weighted by atomic mass is 16.4. The molecular formula is C16H19N3O2. The van der Waals surface area contributed by atoms with Crippen molar-refractivity contribution in [2.24, 2.45) is 5.73 Å². The molecule has 0 spiro atoms. The predicted octanol–water partition coefficient (Wildman–Crippen LogP) is 2.90. The molecule has 0 bridgehead atoms. The number of carbonyl (C=O) groups excluding carboxylic acids is 1. The molecule has 1 heterocycles. The number of nitrogens with one attached hydrogen (secondary N) is 1. The molecule has 3 N–H and O–H groups in total. The van der Waals surface area contributed by atoms with Crippen LogP contribution in [0.1, 0.15) is 37.5 Å². The quantitative estimate of drug-likeness (QED) is 0.855. The maximum Gasteiger partial charge on any atom is 0.224 e. The van der Waals surface area contributed by atoms with Crippen molar-refractivity contribution < 1.29 is 9.21 Å². The molecule has 3 rings (SSSR count). The van der Waals surface area contributed by atoms with Gasteiger partial charge in [0.2, 0.25) is 5.91 Å². The number of anilines is 1. The predicted molar refractivity (Wildman–Crippen MR) is 80.8 cm³/mol. The summed E-state index contributed by atoms with van der Waals surface area (Å²) < 4.78 is 5.76. The fourth-order valence-electron chi connectivity index (χ4n) is 2.14. The van der Waals surface area contributed by atoms with Gasteiger partial charge in [0.25, 0.3) is 0 Å². The van der Waals surface area contributed by atoms with Gasteiger partial charge in [-0.15, -0.1) is 0 Å².